The largest absolute Gasteiger partial charge is 0.465 e. The summed E-state index contributed by atoms with van der Waals surface area (Å²) in [6.45, 7) is 6.21. The minimum atomic E-state index is -0.436. The third-order valence-corrected chi connectivity index (χ3v) is 3.00. The predicted octanol–water partition coefficient (Wildman–Crippen LogP) is 1.91. The second-order valence-electron chi connectivity index (χ2n) is 4.88. The van der Waals surface area contributed by atoms with Gasteiger partial charge in [-0.15, -0.1) is 0 Å². The van der Waals surface area contributed by atoms with E-state index < -0.39 is 6.04 Å². The summed E-state index contributed by atoms with van der Waals surface area (Å²) in [5.41, 5.74) is 0.950. The zero-order valence-electron chi connectivity index (χ0n) is 12.8. The summed E-state index contributed by atoms with van der Waals surface area (Å²) in [5, 5.41) is 2.97. The van der Waals surface area contributed by atoms with Crippen molar-refractivity contribution in [3.05, 3.63) is 35.9 Å². The van der Waals surface area contributed by atoms with Crippen LogP contribution in [0.1, 0.15) is 26.3 Å². The second-order valence-corrected chi connectivity index (χ2v) is 4.88. The first-order chi connectivity index (χ1) is 10.0. The van der Waals surface area contributed by atoms with Gasteiger partial charge in [0.2, 0.25) is 0 Å². The van der Waals surface area contributed by atoms with Crippen LogP contribution in [0, 0.1) is 5.92 Å². The maximum Gasteiger partial charge on any atom is 0.322 e. The monoisotopic (exact) mass is 293 g/mol. The molecule has 0 saturated heterocycles. The fourth-order valence-electron chi connectivity index (χ4n) is 1.66. The molecule has 1 aromatic rings. The molecule has 1 N–H and O–H groups in total. The van der Waals surface area contributed by atoms with Gasteiger partial charge in [0.15, 0.2) is 0 Å². The average Bonchev–Trinajstić information content (AvgIpc) is 2.51. The van der Waals surface area contributed by atoms with E-state index in [2.05, 4.69) is 5.32 Å². The first-order valence-electron chi connectivity index (χ1n) is 7.15. The number of hydrogen-bond acceptors (Lipinski definition) is 5. The van der Waals surface area contributed by atoms with Crippen molar-refractivity contribution < 1.29 is 19.1 Å². The first-order valence-corrected chi connectivity index (χ1v) is 7.15. The van der Waals surface area contributed by atoms with E-state index in [1.807, 2.05) is 30.3 Å². The number of hydrogen-bond donors (Lipinski definition) is 1. The molecule has 1 rings (SSSR count). The molecule has 5 nitrogen and oxygen atoms in total. The quantitative estimate of drug-likeness (QED) is 0.742. The molecule has 0 aliphatic carbocycles. The van der Waals surface area contributed by atoms with Gasteiger partial charge in [-0.2, -0.15) is 0 Å². The van der Waals surface area contributed by atoms with E-state index in [1.165, 1.54) is 0 Å². The van der Waals surface area contributed by atoms with Crippen molar-refractivity contribution in [3.63, 3.8) is 0 Å². The summed E-state index contributed by atoms with van der Waals surface area (Å²) in [4.78, 5) is 23.3. The van der Waals surface area contributed by atoms with Crippen molar-refractivity contribution in [2.24, 2.45) is 5.92 Å². The molecular weight excluding hydrogens is 270 g/mol. The van der Waals surface area contributed by atoms with Crippen LogP contribution in [0.4, 0.5) is 0 Å². The summed E-state index contributed by atoms with van der Waals surface area (Å²) in [6.07, 6.45) is 0. The van der Waals surface area contributed by atoms with Crippen LogP contribution in [0.5, 0.6) is 0 Å². The Kier molecular flexibility index (Phi) is 7.46. The number of ether oxygens (including phenoxy) is 2. The number of esters is 2. The van der Waals surface area contributed by atoms with Crippen molar-refractivity contribution in [2.75, 3.05) is 13.2 Å². The van der Waals surface area contributed by atoms with Gasteiger partial charge in [0.05, 0.1) is 12.5 Å². The number of benzene rings is 1. The Morgan fingerprint density at radius 1 is 1.10 bits per heavy atom. The average molecular weight is 293 g/mol. The van der Waals surface area contributed by atoms with Gasteiger partial charge in [0.1, 0.15) is 12.6 Å². The molecule has 2 atom stereocenters. The van der Waals surface area contributed by atoms with E-state index >= 15 is 0 Å². The summed E-state index contributed by atoms with van der Waals surface area (Å²) in [6, 6.07) is 9.08. The van der Waals surface area contributed by atoms with Crippen LogP contribution in [0.3, 0.4) is 0 Å². The molecule has 0 radical (unpaired) electrons. The van der Waals surface area contributed by atoms with Crippen LogP contribution in [0.2, 0.25) is 0 Å². The lowest BCUT2D eigenvalue weighted by molar-refractivity contribution is -0.150. The lowest BCUT2D eigenvalue weighted by atomic mass is 10.1. The standard InChI is InChI=1S/C16H23NO4/c1-4-20-16(19)13(3)17-10-12(2)15(18)21-11-14-8-6-5-7-9-14/h5-9,12-13,17H,4,10-11H2,1-3H3. The van der Waals surface area contributed by atoms with E-state index in [0.717, 1.165) is 5.56 Å². The maximum atomic E-state index is 11.8. The zero-order valence-corrected chi connectivity index (χ0v) is 12.8. The molecule has 1 aromatic carbocycles. The molecule has 0 saturated carbocycles. The molecule has 5 heteroatoms. The van der Waals surface area contributed by atoms with E-state index in [4.69, 9.17) is 9.47 Å². The van der Waals surface area contributed by atoms with Crippen molar-refractivity contribution in [2.45, 2.75) is 33.4 Å². The van der Waals surface area contributed by atoms with Gasteiger partial charge in [0.25, 0.3) is 0 Å². The highest BCUT2D eigenvalue weighted by atomic mass is 16.5. The van der Waals surface area contributed by atoms with E-state index in [-0.39, 0.29) is 24.5 Å². The van der Waals surface area contributed by atoms with E-state index in [0.29, 0.717) is 13.2 Å². The Morgan fingerprint density at radius 2 is 1.76 bits per heavy atom. The molecule has 0 fully saturated rings. The molecule has 0 heterocycles. The van der Waals surface area contributed by atoms with E-state index in [1.54, 1.807) is 20.8 Å². The molecule has 0 spiro atoms. The number of carbonyl (C=O) groups is 2. The Balaban J connectivity index is 2.29. The summed E-state index contributed by atoms with van der Waals surface area (Å²) < 4.78 is 10.1. The second kappa shape index (κ2) is 9.13. The lowest BCUT2D eigenvalue weighted by Gasteiger charge is -2.16. The van der Waals surface area contributed by atoms with Gasteiger partial charge < -0.3 is 14.8 Å². The van der Waals surface area contributed by atoms with Crippen LogP contribution < -0.4 is 5.32 Å². The SMILES string of the molecule is CCOC(=O)C(C)NCC(C)C(=O)OCc1ccccc1. The summed E-state index contributed by atoms with van der Waals surface area (Å²) in [5.74, 6) is -0.935. The Bertz CT molecular complexity index is 447. The Labute approximate surface area is 125 Å². The minimum absolute atomic E-state index is 0.261. The smallest absolute Gasteiger partial charge is 0.322 e. The highest BCUT2D eigenvalue weighted by Gasteiger charge is 2.18. The van der Waals surface area contributed by atoms with Crippen molar-refractivity contribution >= 4 is 11.9 Å². The molecule has 0 amide bonds. The number of nitrogens with one attached hydrogen (secondary N) is 1. The van der Waals surface area contributed by atoms with Crippen molar-refractivity contribution in [3.8, 4) is 0 Å². The molecule has 0 bridgehead atoms. The Hall–Kier alpha value is -1.88. The molecule has 21 heavy (non-hydrogen) atoms. The van der Waals surface area contributed by atoms with Crippen LogP contribution in [-0.2, 0) is 25.7 Å². The maximum absolute atomic E-state index is 11.8. The van der Waals surface area contributed by atoms with Gasteiger partial charge in [-0.1, -0.05) is 37.3 Å². The van der Waals surface area contributed by atoms with Crippen molar-refractivity contribution in [1.29, 1.82) is 0 Å². The van der Waals surface area contributed by atoms with Crippen LogP contribution in [0.15, 0.2) is 30.3 Å². The highest BCUT2D eigenvalue weighted by Crippen LogP contribution is 2.04. The molecule has 0 aliphatic heterocycles. The topological polar surface area (TPSA) is 64.6 Å². The van der Waals surface area contributed by atoms with Gasteiger partial charge in [-0.3, -0.25) is 9.59 Å². The van der Waals surface area contributed by atoms with Gasteiger partial charge >= 0.3 is 11.9 Å². The third kappa shape index (κ3) is 6.40. The van der Waals surface area contributed by atoms with Crippen LogP contribution in [0.25, 0.3) is 0 Å². The molecule has 0 aromatic heterocycles. The zero-order chi connectivity index (χ0) is 15.7. The van der Waals surface area contributed by atoms with Crippen LogP contribution >= 0.6 is 0 Å². The predicted molar refractivity (Wildman–Crippen MR) is 79.5 cm³/mol. The Morgan fingerprint density at radius 3 is 2.38 bits per heavy atom. The lowest BCUT2D eigenvalue weighted by Crippen LogP contribution is -2.39. The fraction of sp³-hybridized carbons (Fsp3) is 0.500. The molecular formula is C16H23NO4. The highest BCUT2D eigenvalue weighted by molar-refractivity contribution is 5.75. The van der Waals surface area contributed by atoms with Gasteiger partial charge in [-0.25, -0.2) is 0 Å². The minimum Gasteiger partial charge on any atom is -0.465 e. The number of carbonyl (C=O) groups excluding carboxylic acids is 2. The first kappa shape index (κ1) is 17.2. The normalized spacial score (nSPS) is 13.3. The molecule has 116 valence electrons. The number of rotatable bonds is 8. The van der Waals surface area contributed by atoms with Crippen LogP contribution in [-0.4, -0.2) is 31.1 Å². The molecule has 0 aliphatic rings. The third-order valence-electron chi connectivity index (χ3n) is 3.00. The fourth-order valence-corrected chi connectivity index (χ4v) is 1.66. The molecule has 2 unspecified atom stereocenters. The van der Waals surface area contributed by atoms with Crippen molar-refractivity contribution in [1.82, 2.24) is 5.32 Å². The van der Waals surface area contributed by atoms with Gasteiger partial charge in [0, 0.05) is 6.54 Å². The summed E-state index contributed by atoms with van der Waals surface area (Å²) >= 11 is 0. The summed E-state index contributed by atoms with van der Waals surface area (Å²) in [7, 11) is 0. The van der Waals surface area contributed by atoms with Gasteiger partial charge in [-0.05, 0) is 19.4 Å². The van der Waals surface area contributed by atoms with E-state index in [9.17, 15) is 9.59 Å².